The zero-order valence-corrected chi connectivity index (χ0v) is 18.8. The lowest BCUT2D eigenvalue weighted by Crippen LogP contribution is -2.27. The molecular formula is C24H22ClFN4O3. The van der Waals surface area contributed by atoms with Gasteiger partial charge in [-0.2, -0.15) is 4.98 Å². The highest BCUT2D eigenvalue weighted by molar-refractivity contribution is 6.28. The fourth-order valence-electron chi connectivity index (χ4n) is 4.09. The fraction of sp³-hybridized carbons (Fsp3) is 0.292. The van der Waals surface area contributed by atoms with Gasteiger partial charge in [0, 0.05) is 38.6 Å². The third kappa shape index (κ3) is 4.29. The normalized spacial score (nSPS) is 14.6. The number of pyridine rings is 1. The quantitative estimate of drug-likeness (QED) is 0.306. The highest BCUT2D eigenvalue weighted by atomic mass is 35.5. The summed E-state index contributed by atoms with van der Waals surface area (Å²) < 4.78 is 32.2. The van der Waals surface area contributed by atoms with E-state index < -0.39 is 5.82 Å². The van der Waals surface area contributed by atoms with Crippen LogP contribution in [0.1, 0.15) is 6.42 Å². The van der Waals surface area contributed by atoms with Crippen LogP contribution in [-0.4, -0.2) is 55.2 Å². The maximum atomic E-state index is 16.0. The molecule has 4 aromatic rings. The van der Waals surface area contributed by atoms with Crippen molar-refractivity contribution in [3.05, 3.63) is 53.7 Å². The number of methoxy groups -OCH3 is 1. The lowest BCUT2D eigenvalue weighted by Gasteiger charge is -2.22. The number of anilines is 1. The summed E-state index contributed by atoms with van der Waals surface area (Å²) in [5, 5.41) is 2.24. The first-order valence-corrected chi connectivity index (χ1v) is 11.0. The zero-order valence-electron chi connectivity index (χ0n) is 18.1. The number of nitrogens with zero attached hydrogens (tertiary/aromatic N) is 4. The Labute approximate surface area is 195 Å². The molecule has 1 aliphatic rings. The summed E-state index contributed by atoms with van der Waals surface area (Å²) in [6.07, 6.45) is 2.46. The molecule has 0 aliphatic carbocycles. The topological polar surface area (TPSA) is 69.6 Å². The molecule has 1 fully saturated rings. The second-order valence-corrected chi connectivity index (χ2v) is 8.03. The van der Waals surface area contributed by atoms with E-state index in [9.17, 15) is 0 Å². The summed E-state index contributed by atoms with van der Waals surface area (Å²) in [7, 11) is 1.55. The van der Waals surface area contributed by atoms with E-state index in [-0.39, 0.29) is 23.3 Å². The number of benzene rings is 2. The SMILES string of the molecule is COCOc1cc(-c2ncc3c(N4CCCOCC4)nc(Cl)nc3c2F)c2ccccc2c1. The van der Waals surface area contributed by atoms with Gasteiger partial charge in [-0.05, 0) is 40.9 Å². The number of hydrogen-bond acceptors (Lipinski definition) is 7. The van der Waals surface area contributed by atoms with Gasteiger partial charge in [-0.25, -0.2) is 9.37 Å². The lowest BCUT2D eigenvalue weighted by molar-refractivity contribution is 0.0512. The number of rotatable bonds is 5. The average Bonchev–Trinajstić information content (AvgIpc) is 3.12. The maximum Gasteiger partial charge on any atom is 0.225 e. The molecule has 7 nitrogen and oxygen atoms in total. The zero-order chi connectivity index (χ0) is 22.8. The average molecular weight is 469 g/mol. The molecule has 3 heterocycles. The van der Waals surface area contributed by atoms with Gasteiger partial charge >= 0.3 is 0 Å². The fourth-order valence-corrected chi connectivity index (χ4v) is 4.26. The molecule has 1 aliphatic heterocycles. The van der Waals surface area contributed by atoms with E-state index in [0.29, 0.717) is 42.3 Å². The predicted molar refractivity (Wildman–Crippen MR) is 125 cm³/mol. The second kappa shape index (κ2) is 9.43. The summed E-state index contributed by atoms with van der Waals surface area (Å²) in [6.45, 7) is 2.69. The highest BCUT2D eigenvalue weighted by Gasteiger charge is 2.22. The van der Waals surface area contributed by atoms with Gasteiger partial charge in [0.05, 0.1) is 12.0 Å². The van der Waals surface area contributed by atoms with Crippen LogP contribution in [0.4, 0.5) is 10.2 Å². The van der Waals surface area contributed by atoms with E-state index in [1.807, 2.05) is 35.2 Å². The molecular weight excluding hydrogens is 447 g/mol. The molecule has 1 saturated heterocycles. The van der Waals surface area contributed by atoms with Crippen LogP contribution in [0.15, 0.2) is 42.6 Å². The summed E-state index contributed by atoms with van der Waals surface area (Å²) >= 11 is 6.23. The van der Waals surface area contributed by atoms with Gasteiger partial charge in [0.25, 0.3) is 0 Å². The highest BCUT2D eigenvalue weighted by Crippen LogP contribution is 2.36. The molecule has 2 aromatic carbocycles. The van der Waals surface area contributed by atoms with E-state index in [4.69, 9.17) is 25.8 Å². The van der Waals surface area contributed by atoms with E-state index in [1.54, 1.807) is 19.4 Å². The van der Waals surface area contributed by atoms with Crippen LogP contribution in [-0.2, 0) is 9.47 Å². The van der Waals surface area contributed by atoms with Gasteiger partial charge in [0.1, 0.15) is 22.8 Å². The molecule has 0 radical (unpaired) electrons. The van der Waals surface area contributed by atoms with E-state index in [2.05, 4.69) is 15.0 Å². The van der Waals surface area contributed by atoms with Crippen LogP contribution in [0.25, 0.3) is 32.9 Å². The third-order valence-electron chi connectivity index (χ3n) is 5.59. The molecule has 9 heteroatoms. The Balaban J connectivity index is 1.69. The standard InChI is InChI=1S/C24H22ClFN4O3/c1-31-14-33-16-11-15-5-2-3-6-17(15)18(12-16)21-20(26)22-19(13-27-21)23(29-24(25)28-22)30-7-4-9-32-10-8-30/h2-3,5-6,11-13H,4,7-10,14H2,1H3. The largest absolute Gasteiger partial charge is 0.468 e. The molecule has 0 atom stereocenters. The Morgan fingerprint density at radius 2 is 2.00 bits per heavy atom. The van der Waals surface area contributed by atoms with E-state index >= 15 is 4.39 Å². The molecule has 5 rings (SSSR count). The molecule has 0 unspecified atom stereocenters. The molecule has 0 amide bonds. The summed E-state index contributed by atoms with van der Waals surface area (Å²) in [4.78, 5) is 15.2. The Morgan fingerprint density at radius 1 is 1.12 bits per heavy atom. The van der Waals surface area contributed by atoms with Crippen molar-refractivity contribution >= 4 is 39.1 Å². The molecule has 0 saturated carbocycles. The smallest absolute Gasteiger partial charge is 0.225 e. The summed E-state index contributed by atoms with van der Waals surface area (Å²) in [5.74, 6) is 0.562. The van der Waals surface area contributed by atoms with Crippen LogP contribution < -0.4 is 9.64 Å². The number of ether oxygens (including phenoxy) is 3. The van der Waals surface area contributed by atoms with Crippen molar-refractivity contribution in [2.75, 3.05) is 45.1 Å². The first-order valence-electron chi connectivity index (χ1n) is 10.6. The van der Waals surface area contributed by atoms with Crippen molar-refractivity contribution in [3.8, 4) is 17.0 Å². The number of aromatic nitrogens is 3. The minimum atomic E-state index is -0.557. The molecule has 33 heavy (non-hydrogen) atoms. The molecule has 0 N–H and O–H groups in total. The predicted octanol–water partition coefficient (Wildman–Crippen LogP) is 4.85. The summed E-state index contributed by atoms with van der Waals surface area (Å²) in [6, 6.07) is 11.3. The first kappa shape index (κ1) is 21.8. The van der Waals surface area contributed by atoms with E-state index in [1.165, 1.54) is 0 Å². The number of fused-ring (bicyclic) bond motifs is 2. The van der Waals surface area contributed by atoms with Crippen molar-refractivity contribution in [1.29, 1.82) is 0 Å². The first-order chi connectivity index (χ1) is 16.2. The van der Waals surface area contributed by atoms with Gasteiger partial charge in [0.2, 0.25) is 5.28 Å². The molecule has 0 spiro atoms. The van der Waals surface area contributed by atoms with Gasteiger partial charge in [-0.3, -0.25) is 4.98 Å². The Kier molecular flexibility index (Phi) is 6.22. The second-order valence-electron chi connectivity index (χ2n) is 7.70. The van der Waals surface area contributed by atoms with Crippen LogP contribution in [0.2, 0.25) is 5.28 Å². The van der Waals surface area contributed by atoms with E-state index in [0.717, 1.165) is 23.7 Å². The molecule has 170 valence electrons. The number of halogens is 2. The van der Waals surface area contributed by atoms with Crippen molar-refractivity contribution < 1.29 is 18.6 Å². The van der Waals surface area contributed by atoms with Gasteiger partial charge in [-0.15, -0.1) is 0 Å². The van der Waals surface area contributed by atoms with Crippen LogP contribution in [0.3, 0.4) is 0 Å². The third-order valence-corrected chi connectivity index (χ3v) is 5.76. The molecule has 2 aromatic heterocycles. The Morgan fingerprint density at radius 3 is 2.88 bits per heavy atom. The number of hydrogen-bond donors (Lipinski definition) is 0. The monoisotopic (exact) mass is 468 g/mol. The van der Waals surface area contributed by atoms with Gasteiger partial charge in [-0.1, -0.05) is 24.3 Å². The van der Waals surface area contributed by atoms with Crippen molar-refractivity contribution in [2.45, 2.75) is 6.42 Å². The van der Waals surface area contributed by atoms with Crippen molar-refractivity contribution in [3.63, 3.8) is 0 Å². The minimum Gasteiger partial charge on any atom is -0.468 e. The summed E-state index contributed by atoms with van der Waals surface area (Å²) in [5.41, 5.74) is 0.895. The van der Waals surface area contributed by atoms with Gasteiger partial charge in [0.15, 0.2) is 12.6 Å². The lowest BCUT2D eigenvalue weighted by atomic mass is 10.00. The van der Waals surface area contributed by atoms with Crippen LogP contribution in [0.5, 0.6) is 5.75 Å². The van der Waals surface area contributed by atoms with Crippen LogP contribution >= 0.6 is 11.6 Å². The minimum absolute atomic E-state index is 0.0132. The Bertz CT molecular complexity index is 1310. The Hall–Kier alpha value is -3.07. The van der Waals surface area contributed by atoms with Gasteiger partial charge < -0.3 is 19.1 Å². The van der Waals surface area contributed by atoms with Crippen LogP contribution in [0, 0.1) is 5.82 Å². The maximum absolute atomic E-state index is 16.0. The van der Waals surface area contributed by atoms with Crippen molar-refractivity contribution in [1.82, 2.24) is 15.0 Å². The molecule has 0 bridgehead atoms. The van der Waals surface area contributed by atoms with Crippen molar-refractivity contribution in [2.24, 2.45) is 0 Å².